The molecule has 0 spiro atoms. The normalized spacial score (nSPS) is 17.7. The highest BCUT2D eigenvalue weighted by Crippen LogP contribution is 2.30. The number of amides is 1. The zero-order valence-electron chi connectivity index (χ0n) is 17.8. The van der Waals surface area contributed by atoms with E-state index in [1.165, 1.54) is 22.3 Å². The Labute approximate surface area is 174 Å². The Morgan fingerprint density at radius 1 is 1.10 bits per heavy atom. The average molecular weight is 393 g/mol. The Kier molecular flexibility index (Phi) is 5.91. The number of nitrogens with zero attached hydrogens (tertiary/aromatic N) is 1. The highest BCUT2D eigenvalue weighted by Gasteiger charge is 2.30. The summed E-state index contributed by atoms with van der Waals surface area (Å²) < 4.78 is 5.83. The molecule has 4 heteroatoms. The van der Waals surface area contributed by atoms with Crippen LogP contribution < -0.4 is 10.1 Å². The quantitative estimate of drug-likeness (QED) is 0.748. The second-order valence-corrected chi connectivity index (χ2v) is 8.80. The van der Waals surface area contributed by atoms with Crippen molar-refractivity contribution < 1.29 is 9.53 Å². The number of hydrogen-bond donors (Lipinski definition) is 1. The Balaban J connectivity index is 1.33. The lowest BCUT2D eigenvalue weighted by atomic mass is 9.98. The number of rotatable bonds is 7. The molecule has 2 aromatic rings. The maximum atomic E-state index is 12.0. The van der Waals surface area contributed by atoms with Crippen LogP contribution >= 0.6 is 0 Å². The molecule has 1 saturated carbocycles. The molecule has 1 N–H and O–H groups in total. The zero-order chi connectivity index (χ0) is 20.4. The summed E-state index contributed by atoms with van der Waals surface area (Å²) in [4.78, 5) is 14.5. The van der Waals surface area contributed by atoms with Crippen molar-refractivity contribution in [2.75, 3.05) is 6.54 Å². The lowest BCUT2D eigenvalue weighted by Gasteiger charge is -2.29. The van der Waals surface area contributed by atoms with Crippen molar-refractivity contribution in [3.05, 3.63) is 64.7 Å². The van der Waals surface area contributed by atoms with Gasteiger partial charge in [0, 0.05) is 25.6 Å². The standard InChI is InChI=1S/C25H32N2O2/c1-17(2)29-24-11-10-23-16-27(13-12-22(23)14-24)15-19-4-6-20(7-5-19)18(3)26-25(28)21-8-9-21/h4-7,10-11,14,17-18,21H,8-9,12-13,15-16H2,1-3H3,(H,26,28)/t18-/m0/s1. The number of nitrogens with one attached hydrogen (secondary N) is 1. The minimum absolute atomic E-state index is 0.0706. The fourth-order valence-corrected chi connectivity index (χ4v) is 4.00. The van der Waals surface area contributed by atoms with Crippen LogP contribution in [0.25, 0.3) is 0 Å². The summed E-state index contributed by atoms with van der Waals surface area (Å²) in [6, 6.07) is 15.3. The molecule has 4 nitrogen and oxygen atoms in total. The van der Waals surface area contributed by atoms with E-state index in [4.69, 9.17) is 4.74 Å². The molecule has 1 atom stereocenters. The molecule has 154 valence electrons. The number of ether oxygens (including phenoxy) is 1. The van der Waals surface area contributed by atoms with E-state index in [0.29, 0.717) is 0 Å². The van der Waals surface area contributed by atoms with E-state index < -0.39 is 0 Å². The number of benzene rings is 2. The number of fused-ring (bicyclic) bond motifs is 1. The van der Waals surface area contributed by atoms with Crippen molar-refractivity contribution in [2.24, 2.45) is 5.92 Å². The average Bonchev–Trinajstić information content (AvgIpc) is 3.53. The summed E-state index contributed by atoms with van der Waals surface area (Å²) in [6.07, 6.45) is 3.36. The smallest absolute Gasteiger partial charge is 0.223 e. The fourth-order valence-electron chi connectivity index (χ4n) is 4.00. The molecule has 1 heterocycles. The first-order chi connectivity index (χ1) is 14.0. The third-order valence-electron chi connectivity index (χ3n) is 5.83. The van der Waals surface area contributed by atoms with E-state index in [2.05, 4.69) is 73.5 Å². The maximum absolute atomic E-state index is 12.0. The van der Waals surface area contributed by atoms with Crippen LogP contribution in [-0.2, 0) is 24.3 Å². The minimum atomic E-state index is 0.0706. The van der Waals surface area contributed by atoms with E-state index in [-0.39, 0.29) is 24.0 Å². The van der Waals surface area contributed by atoms with Crippen LogP contribution in [0.3, 0.4) is 0 Å². The second kappa shape index (κ2) is 8.58. The van der Waals surface area contributed by atoms with Crippen LogP contribution in [0, 0.1) is 5.92 Å². The third kappa shape index (κ3) is 5.18. The zero-order valence-corrected chi connectivity index (χ0v) is 17.8. The van der Waals surface area contributed by atoms with Gasteiger partial charge in [0.25, 0.3) is 0 Å². The van der Waals surface area contributed by atoms with Crippen LogP contribution in [0.5, 0.6) is 5.75 Å². The molecular weight excluding hydrogens is 360 g/mol. The molecule has 1 fully saturated rings. The summed E-state index contributed by atoms with van der Waals surface area (Å²) in [6.45, 7) is 9.18. The lowest BCUT2D eigenvalue weighted by Crippen LogP contribution is -2.30. The monoisotopic (exact) mass is 392 g/mol. The van der Waals surface area contributed by atoms with Crippen molar-refractivity contribution in [2.45, 2.75) is 65.3 Å². The molecule has 4 rings (SSSR count). The maximum Gasteiger partial charge on any atom is 0.223 e. The first-order valence-corrected chi connectivity index (χ1v) is 10.9. The molecule has 0 unspecified atom stereocenters. The van der Waals surface area contributed by atoms with Crippen molar-refractivity contribution in [1.82, 2.24) is 10.2 Å². The molecule has 29 heavy (non-hydrogen) atoms. The van der Waals surface area contributed by atoms with Gasteiger partial charge in [-0.1, -0.05) is 30.3 Å². The van der Waals surface area contributed by atoms with Gasteiger partial charge in [-0.15, -0.1) is 0 Å². The van der Waals surface area contributed by atoms with Crippen molar-refractivity contribution in [3.8, 4) is 5.75 Å². The van der Waals surface area contributed by atoms with Crippen molar-refractivity contribution in [1.29, 1.82) is 0 Å². The Hall–Kier alpha value is -2.33. The van der Waals surface area contributed by atoms with Gasteiger partial charge >= 0.3 is 0 Å². The molecule has 2 aromatic carbocycles. The van der Waals surface area contributed by atoms with E-state index in [1.807, 2.05) is 0 Å². The Bertz CT molecular complexity index is 856. The van der Waals surface area contributed by atoms with Gasteiger partial charge in [-0.2, -0.15) is 0 Å². The van der Waals surface area contributed by atoms with Crippen molar-refractivity contribution >= 4 is 5.91 Å². The molecule has 2 aliphatic rings. The summed E-state index contributed by atoms with van der Waals surface area (Å²) in [5.41, 5.74) is 5.30. The first-order valence-electron chi connectivity index (χ1n) is 10.9. The van der Waals surface area contributed by atoms with Gasteiger partial charge in [-0.3, -0.25) is 9.69 Å². The number of carbonyl (C=O) groups excluding carboxylic acids is 1. The van der Waals surface area contributed by atoms with E-state index >= 15 is 0 Å². The van der Waals surface area contributed by atoms with Crippen LogP contribution in [0.15, 0.2) is 42.5 Å². The molecule has 1 aliphatic heterocycles. The Morgan fingerprint density at radius 3 is 2.55 bits per heavy atom. The van der Waals surface area contributed by atoms with Gasteiger partial charge in [0.15, 0.2) is 0 Å². The second-order valence-electron chi connectivity index (χ2n) is 8.80. The SMILES string of the molecule is CC(C)Oc1ccc2c(c1)CCN(Cc1ccc([C@H](C)NC(=O)C3CC3)cc1)C2. The van der Waals surface area contributed by atoms with Gasteiger partial charge in [-0.05, 0) is 74.4 Å². The molecule has 1 aliphatic carbocycles. The summed E-state index contributed by atoms with van der Waals surface area (Å²) in [5, 5.41) is 3.13. The van der Waals surface area contributed by atoms with Crippen LogP contribution in [0.4, 0.5) is 0 Å². The summed E-state index contributed by atoms with van der Waals surface area (Å²) in [7, 11) is 0. The van der Waals surface area contributed by atoms with E-state index in [9.17, 15) is 4.79 Å². The van der Waals surface area contributed by atoms with E-state index in [1.54, 1.807) is 0 Å². The largest absolute Gasteiger partial charge is 0.491 e. The molecular formula is C25H32N2O2. The fraction of sp³-hybridized carbons (Fsp3) is 0.480. The lowest BCUT2D eigenvalue weighted by molar-refractivity contribution is -0.122. The molecule has 1 amide bonds. The Morgan fingerprint density at radius 2 is 1.86 bits per heavy atom. The highest BCUT2D eigenvalue weighted by molar-refractivity contribution is 5.81. The summed E-state index contributed by atoms with van der Waals surface area (Å²) >= 11 is 0. The van der Waals surface area contributed by atoms with Crippen molar-refractivity contribution in [3.63, 3.8) is 0 Å². The molecule has 0 radical (unpaired) electrons. The molecule has 0 saturated heterocycles. The molecule has 0 bridgehead atoms. The van der Waals surface area contributed by atoms with Crippen LogP contribution in [-0.4, -0.2) is 23.5 Å². The first kappa shape index (κ1) is 20.0. The predicted molar refractivity (Wildman–Crippen MR) is 116 cm³/mol. The topological polar surface area (TPSA) is 41.6 Å². The van der Waals surface area contributed by atoms with Gasteiger partial charge in [0.05, 0.1) is 12.1 Å². The molecule has 0 aromatic heterocycles. The van der Waals surface area contributed by atoms with E-state index in [0.717, 1.165) is 44.6 Å². The minimum Gasteiger partial charge on any atom is -0.491 e. The number of hydrogen-bond acceptors (Lipinski definition) is 3. The van der Waals surface area contributed by atoms with Gasteiger partial charge in [0.1, 0.15) is 5.75 Å². The number of carbonyl (C=O) groups is 1. The van der Waals surface area contributed by atoms with Gasteiger partial charge in [-0.25, -0.2) is 0 Å². The predicted octanol–water partition coefficient (Wildman–Crippen LogP) is 4.62. The van der Waals surface area contributed by atoms with Gasteiger partial charge < -0.3 is 10.1 Å². The third-order valence-corrected chi connectivity index (χ3v) is 5.83. The van der Waals surface area contributed by atoms with Gasteiger partial charge in [0.2, 0.25) is 5.91 Å². The van der Waals surface area contributed by atoms with Crippen LogP contribution in [0.1, 0.15) is 61.9 Å². The van der Waals surface area contributed by atoms with Crippen LogP contribution in [0.2, 0.25) is 0 Å². The summed E-state index contributed by atoms with van der Waals surface area (Å²) in [5.74, 6) is 1.44. The highest BCUT2D eigenvalue weighted by atomic mass is 16.5.